The molecule has 0 aliphatic carbocycles. The van der Waals surface area contributed by atoms with E-state index in [2.05, 4.69) is 25.9 Å². The van der Waals surface area contributed by atoms with E-state index in [1.165, 1.54) is 0 Å². The van der Waals surface area contributed by atoms with Crippen molar-refractivity contribution in [2.45, 2.75) is 0 Å². The third-order valence-electron chi connectivity index (χ3n) is 2.52. The smallest absolute Gasteiger partial charge is 0.215 e. The van der Waals surface area contributed by atoms with Crippen molar-refractivity contribution in [2.75, 3.05) is 0 Å². The molecule has 2 aromatic heterocycles. The van der Waals surface area contributed by atoms with Gasteiger partial charge in [0.1, 0.15) is 5.52 Å². The molecule has 0 unspecified atom stereocenters. The Morgan fingerprint density at radius 2 is 2.06 bits per heavy atom. The molecule has 0 saturated carbocycles. The number of hydrogen-bond acceptors (Lipinski definition) is 2. The Morgan fingerprint density at radius 3 is 2.94 bits per heavy atom. The van der Waals surface area contributed by atoms with Crippen LogP contribution in [-0.2, 0) is 0 Å². The van der Waals surface area contributed by atoms with Crippen LogP contribution in [0.4, 0.5) is 0 Å². The first-order valence-corrected chi connectivity index (χ1v) is 5.61. The number of nitrogens with zero attached hydrogens (tertiary/aromatic N) is 1. The first-order valence-electron chi connectivity index (χ1n) is 4.82. The van der Waals surface area contributed by atoms with Gasteiger partial charge in [0.05, 0.1) is 5.52 Å². The lowest BCUT2D eigenvalue weighted by Gasteiger charge is -2.01. The van der Waals surface area contributed by atoms with Gasteiger partial charge in [0.25, 0.3) is 0 Å². The van der Waals surface area contributed by atoms with Gasteiger partial charge < -0.3 is 4.98 Å². The lowest BCUT2D eigenvalue weighted by molar-refractivity contribution is 1.36. The van der Waals surface area contributed by atoms with Crippen LogP contribution in [-0.4, -0.2) is 9.97 Å². The zero-order valence-corrected chi connectivity index (χ0v) is 9.78. The molecule has 1 aromatic carbocycles. The third-order valence-corrected chi connectivity index (χ3v) is 3.01. The van der Waals surface area contributed by atoms with E-state index in [0.29, 0.717) is 10.9 Å². The second-order valence-corrected chi connectivity index (χ2v) is 4.46. The van der Waals surface area contributed by atoms with E-state index in [4.69, 9.17) is 0 Å². The van der Waals surface area contributed by atoms with Crippen LogP contribution < -0.4 is 5.43 Å². The van der Waals surface area contributed by atoms with E-state index >= 15 is 0 Å². The molecule has 1 N–H and O–H groups in total. The second kappa shape index (κ2) is 3.42. The van der Waals surface area contributed by atoms with Crippen LogP contribution in [0, 0.1) is 0 Å². The van der Waals surface area contributed by atoms with Crippen molar-refractivity contribution in [3.8, 4) is 0 Å². The van der Waals surface area contributed by atoms with Gasteiger partial charge >= 0.3 is 0 Å². The van der Waals surface area contributed by atoms with Crippen molar-refractivity contribution < 1.29 is 0 Å². The molecule has 0 saturated heterocycles. The highest BCUT2D eigenvalue weighted by Gasteiger charge is 2.05. The first-order chi connectivity index (χ1) is 7.75. The molecular formula is C12H7BrN2O. The van der Waals surface area contributed by atoms with Gasteiger partial charge in [0.15, 0.2) is 0 Å². The molecule has 16 heavy (non-hydrogen) atoms. The summed E-state index contributed by atoms with van der Waals surface area (Å²) in [4.78, 5) is 19.4. The number of pyridine rings is 2. The minimum atomic E-state index is -0.0364. The number of H-pyrrole nitrogens is 1. The van der Waals surface area contributed by atoms with Crippen LogP contribution in [0.5, 0.6) is 0 Å². The molecule has 0 atom stereocenters. The number of hydrogen-bond donors (Lipinski definition) is 1. The summed E-state index contributed by atoms with van der Waals surface area (Å²) in [5.74, 6) is 0. The number of halogens is 1. The Hall–Kier alpha value is -1.68. The Bertz CT molecular complexity index is 749. The molecule has 0 aliphatic heterocycles. The summed E-state index contributed by atoms with van der Waals surface area (Å²) in [7, 11) is 0. The average molecular weight is 275 g/mol. The van der Waals surface area contributed by atoms with Gasteiger partial charge in [-0.2, -0.15) is 0 Å². The predicted octanol–water partition coefficient (Wildman–Crippen LogP) is 2.84. The number of benzene rings is 1. The molecule has 3 rings (SSSR count). The third kappa shape index (κ3) is 1.34. The lowest BCUT2D eigenvalue weighted by Crippen LogP contribution is -2.05. The fraction of sp³-hybridized carbons (Fsp3) is 0. The zero-order valence-electron chi connectivity index (χ0n) is 8.20. The predicted molar refractivity (Wildman–Crippen MR) is 67.6 cm³/mol. The maximum Gasteiger partial charge on any atom is 0.215 e. The molecule has 0 radical (unpaired) electrons. The van der Waals surface area contributed by atoms with Crippen molar-refractivity contribution in [1.29, 1.82) is 0 Å². The van der Waals surface area contributed by atoms with E-state index in [1.54, 1.807) is 6.20 Å². The van der Waals surface area contributed by atoms with Gasteiger partial charge in [0, 0.05) is 21.6 Å². The van der Waals surface area contributed by atoms with Crippen molar-refractivity contribution in [3.05, 3.63) is 51.2 Å². The van der Waals surface area contributed by atoms with Crippen molar-refractivity contribution in [3.63, 3.8) is 0 Å². The minimum absolute atomic E-state index is 0.0364. The number of rotatable bonds is 0. The Morgan fingerprint density at radius 1 is 1.19 bits per heavy atom. The lowest BCUT2D eigenvalue weighted by atomic mass is 10.2. The summed E-state index contributed by atoms with van der Waals surface area (Å²) >= 11 is 3.36. The molecule has 3 nitrogen and oxygen atoms in total. The number of aromatic nitrogens is 2. The van der Waals surface area contributed by atoms with Gasteiger partial charge in [-0.25, -0.2) is 0 Å². The molecule has 78 valence electrons. The number of aromatic amines is 1. The Balaban J connectivity index is 2.61. The van der Waals surface area contributed by atoms with Crippen LogP contribution in [0.1, 0.15) is 0 Å². The molecule has 0 spiro atoms. The van der Waals surface area contributed by atoms with Crippen LogP contribution >= 0.6 is 15.9 Å². The maximum atomic E-state index is 12.1. The molecule has 0 amide bonds. The Labute approximate surface area is 99.3 Å². The summed E-state index contributed by atoms with van der Waals surface area (Å²) < 4.78 is 0.890. The van der Waals surface area contributed by atoms with Crippen LogP contribution in [0.15, 0.2) is 45.8 Å². The second-order valence-electron chi connectivity index (χ2n) is 3.54. The zero-order chi connectivity index (χ0) is 11.1. The van der Waals surface area contributed by atoms with Crippen LogP contribution in [0.3, 0.4) is 0 Å². The highest BCUT2D eigenvalue weighted by atomic mass is 79.9. The molecule has 0 fully saturated rings. The van der Waals surface area contributed by atoms with Crippen molar-refractivity contribution in [2.24, 2.45) is 0 Å². The molecule has 2 heterocycles. The maximum absolute atomic E-state index is 12.1. The highest BCUT2D eigenvalue weighted by Crippen LogP contribution is 2.17. The van der Waals surface area contributed by atoms with E-state index in [0.717, 1.165) is 15.5 Å². The topological polar surface area (TPSA) is 45.8 Å². The summed E-state index contributed by atoms with van der Waals surface area (Å²) in [6.07, 6.45) is 1.63. The van der Waals surface area contributed by atoms with Crippen molar-refractivity contribution in [1.82, 2.24) is 9.97 Å². The van der Waals surface area contributed by atoms with Crippen LogP contribution in [0.2, 0.25) is 0 Å². The fourth-order valence-corrected chi connectivity index (χ4v) is 2.13. The number of nitrogens with one attached hydrogen (secondary N) is 1. The summed E-state index contributed by atoms with van der Waals surface area (Å²) in [5, 5.41) is 0.653. The monoisotopic (exact) mass is 274 g/mol. The standard InChI is InChI=1S/C12H7BrN2O/c13-7-3-4-9-8(6-7)12(16)11-10(15-9)2-1-5-14-11/h1-6H,(H,15,16). The van der Waals surface area contributed by atoms with Crippen molar-refractivity contribution >= 4 is 37.9 Å². The van der Waals surface area contributed by atoms with Gasteiger partial charge in [-0.15, -0.1) is 0 Å². The molecule has 0 bridgehead atoms. The largest absolute Gasteiger partial charge is 0.353 e. The fourth-order valence-electron chi connectivity index (χ4n) is 1.77. The SMILES string of the molecule is O=c1c2cc(Br)ccc2[nH]c2cccnc12. The average Bonchev–Trinajstić information content (AvgIpc) is 2.31. The van der Waals surface area contributed by atoms with E-state index in [-0.39, 0.29) is 5.43 Å². The van der Waals surface area contributed by atoms with Gasteiger partial charge in [-0.1, -0.05) is 15.9 Å². The molecular weight excluding hydrogens is 268 g/mol. The van der Waals surface area contributed by atoms with Gasteiger partial charge in [-0.05, 0) is 30.3 Å². The number of fused-ring (bicyclic) bond motifs is 2. The van der Waals surface area contributed by atoms with E-state index in [1.807, 2.05) is 30.3 Å². The molecule has 0 aliphatic rings. The molecule has 4 heteroatoms. The first kappa shape index (κ1) is 9.54. The van der Waals surface area contributed by atoms with E-state index in [9.17, 15) is 4.79 Å². The minimum Gasteiger partial charge on any atom is -0.353 e. The summed E-state index contributed by atoms with van der Waals surface area (Å²) in [6, 6.07) is 9.25. The summed E-state index contributed by atoms with van der Waals surface area (Å²) in [6.45, 7) is 0. The quantitative estimate of drug-likeness (QED) is 0.641. The van der Waals surface area contributed by atoms with E-state index < -0.39 is 0 Å². The van der Waals surface area contributed by atoms with Gasteiger partial charge in [-0.3, -0.25) is 9.78 Å². The Kier molecular flexibility index (Phi) is 2.04. The normalized spacial score (nSPS) is 11.1. The van der Waals surface area contributed by atoms with Gasteiger partial charge in [0.2, 0.25) is 5.43 Å². The molecule has 3 aromatic rings. The van der Waals surface area contributed by atoms with Crippen LogP contribution in [0.25, 0.3) is 21.9 Å². The summed E-state index contributed by atoms with van der Waals surface area (Å²) in [5.41, 5.74) is 2.04. The highest BCUT2D eigenvalue weighted by molar-refractivity contribution is 9.10.